The number of anilines is 2. The molecule has 1 amide bonds. The van der Waals surface area contributed by atoms with Crippen LogP contribution in [0.4, 0.5) is 11.8 Å². The van der Waals surface area contributed by atoms with Gasteiger partial charge >= 0.3 is 11.8 Å². The summed E-state index contributed by atoms with van der Waals surface area (Å²) in [6, 6.07) is 7.56. The van der Waals surface area contributed by atoms with E-state index in [1.165, 1.54) is 6.33 Å². The third-order valence-corrected chi connectivity index (χ3v) is 5.69. The van der Waals surface area contributed by atoms with Crippen molar-refractivity contribution in [3.8, 4) is 11.3 Å². The van der Waals surface area contributed by atoms with Crippen LogP contribution in [0.2, 0.25) is 0 Å². The Morgan fingerprint density at radius 3 is 2.47 bits per heavy atom. The molecule has 4 aromatic rings. The van der Waals surface area contributed by atoms with E-state index in [2.05, 4.69) is 47.6 Å². The van der Waals surface area contributed by atoms with Crippen molar-refractivity contribution >= 4 is 17.7 Å². The number of amides is 1. The molecule has 10 heteroatoms. The highest BCUT2D eigenvalue weighted by Crippen LogP contribution is 2.26. The highest BCUT2D eigenvalue weighted by molar-refractivity contribution is 5.89. The number of nitrogens with zero attached hydrogens (tertiary/aromatic N) is 6. The van der Waals surface area contributed by atoms with Crippen LogP contribution in [-0.2, 0) is 11.8 Å². The van der Waals surface area contributed by atoms with E-state index in [0.29, 0.717) is 17.6 Å². The summed E-state index contributed by atoms with van der Waals surface area (Å²) in [6.07, 6.45) is 5.97. The Morgan fingerprint density at radius 1 is 1.08 bits per heavy atom. The Labute approximate surface area is 210 Å². The van der Waals surface area contributed by atoms with Gasteiger partial charge in [0.15, 0.2) is 5.82 Å². The van der Waals surface area contributed by atoms with E-state index in [1.807, 2.05) is 58.9 Å². The monoisotopic (exact) mass is 486 g/mol. The zero-order valence-electron chi connectivity index (χ0n) is 21.3. The van der Waals surface area contributed by atoms with Crippen molar-refractivity contribution < 1.29 is 9.32 Å². The Bertz CT molecular complexity index is 1360. The number of aryl methyl sites for hydroxylation is 2. The van der Waals surface area contributed by atoms with Crippen molar-refractivity contribution in [2.45, 2.75) is 59.4 Å². The topological polar surface area (TPSA) is 132 Å². The molecule has 3 heterocycles. The molecule has 0 saturated heterocycles. The second kappa shape index (κ2) is 10.2. The maximum Gasteiger partial charge on any atom is 0.315 e. The number of rotatable bonds is 7. The Kier molecular flexibility index (Phi) is 7.05. The van der Waals surface area contributed by atoms with Crippen molar-refractivity contribution in [3.05, 3.63) is 71.4 Å². The number of hydrogen-bond donors (Lipinski definition) is 2. The van der Waals surface area contributed by atoms with Gasteiger partial charge in [-0.3, -0.25) is 4.79 Å². The SMILES string of the molecule is CCc1cnc(Nc2cc(-c3ccc([C@@H](C)NC(=O)c4nc(C(C)(C)C)no4)c(C)c3)ncn2)nc1. The number of nitrogens with one attached hydrogen (secondary N) is 2. The van der Waals surface area contributed by atoms with Gasteiger partial charge < -0.3 is 15.2 Å². The van der Waals surface area contributed by atoms with E-state index < -0.39 is 5.91 Å². The molecule has 3 aromatic heterocycles. The average molecular weight is 487 g/mol. The van der Waals surface area contributed by atoms with Crippen LogP contribution in [-0.4, -0.2) is 36.0 Å². The van der Waals surface area contributed by atoms with E-state index >= 15 is 0 Å². The van der Waals surface area contributed by atoms with E-state index in [1.54, 1.807) is 12.4 Å². The summed E-state index contributed by atoms with van der Waals surface area (Å²) in [4.78, 5) is 34.2. The molecule has 1 aromatic carbocycles. The lowest BCUT2D eigenvalue weighted by atomic mass is 9.96. The number of carbonyl (C=O) groups excluding carboxylic acids is 1. The number of hydrogen-bond acceptors (Lipinski definition) is 9. The molecule has 1 atom stereocenters. The smallest absolute Gasteiger partial charge is 0.315 e. The second-order valence-corrected chi connectivity index (χ2v) is 9.62. The molecular weight excluding hydrogens is 456 g/mol. The molecule has 0 aliphatic heterocycles. The molecule has 0 radical (unpaired) electrons. The van der Waals surface area contributed by atoms with Gasteiger partial charge in [-0.05, 0) is 43.0 Å². The fourth-order valence-electron chi connectivity index (χ4n) is 3.58. The third kappa shape index (κ3) is 5.70. The van der Waals surface area contributed by atoms with Crippen molar-refractivity contribution in [3.63, 3.8) is 0 Å². The first-order chi connectivity index (χ1) is 17.1. The van der Waals surface area contributed by atoms with Crippen LogP contribution >= 0.6 is 0 Å². The van der Waals surface area contributed by atoms with Crippen molar-refractivity contribution in [1.82, 2.24) is 35.4 Å². The van der Waals surface area contributed by atoms with Crippen LogP contribution in [0.5, 0.6) is 0 Å². The molecule has 0 bridgehead atoms. The summed E-state index contributed by atoms with van der Waals surface area (Å²) in [5, 5.41) is 9.97. The molecule has 0 aliphatic rings. The van der Waals surface area contributed by atoms with Crippen LogP contribution in [0, 0.1) is 6.92 Å². The van der Waals surface area contributed by atoms with Gasteiger partial charge in [-0.2, -0.15) is 4.98 Å². The summed E-state index contributed by atoms with van der Waals surface area (Å²) >= 11 is 0. The molecule has 0 spiro atoms. The summed E-state index contributed by atoms with van der Waals surface area (Å²) in [5.41, 5.74) is 4.42. The van der Waals surface area contributed by atoms with Gasteiger partial charge in [0, 0.05) is 29.4 Å². The molecule has 0 unspecified atom stereocenters. The molecule has 36 heavy (non-hydrogen) atoms. The van der Waals surface area contributed by atoms with Gasteiger partial charge in [0.1, 0.15) is 12.1 Å². The summed E-state index contributed by atoms with van der Waals surface area (Å²) in [5.74, 6) is 1.11. The van der Waals surface area contributed by atoms with Gasteiger partial charge in [-0.15, -0.1) is 0 Å². The first-order valence-corrected chi connectivity index (χ1v) is 11.8. The van der Waals surface area contributed by atoms with E-state index in [0.717, 1.165) is 34.4 Å². The molecule has 0 fully saturated rings. The standard InChI is InChI=1S/C26H30N8O2/c1-7-17-12-27-25(28-13-17)32-21-11-20(29-14-30-21)18-8-9-19(15(2)10-18)16(3)31-22(35)23-33-24(34-36-23)26(4,5)6/h8-14,16H,7H2,1-6H3,(H,31,35)(H,27,28,29,30,32)/t16-/m1/s1. The lowest BCUT2D eigenvalue weighted by Crippen LogP contribution is -2.27. The molecule has 10 nitrogen and oxygen atoms in total. The Balaban J connectivity index is 1.47. The highest BCUT2D eigenvalue weighted by Gasteiger charge is 2.25. The molecule has 0 saturated carbocycles. The minimum atomic E-state index is -0.408. The normalized spacial score (nSPS) is 12.3. The highest BCUT2D eigenvalue weighted by atomic mass is 16.5. The largest absolute Gasteiger partial charge is 0.341 e. The summed E-state index contributed by atoms with van der Waals surface area (Å²) in [7, 11) is 0. The third-order valence-electron chi connectivity index (χ3n) is 5.69. The average Bonchev–Trinajstić information content (AvgIpc) is 3.36. The minimum absolute atomic E-state index is 0.0459. The lowest BCUT2D eigenvalue weighted by Gasteiger charge is -2.16. The van der Waals surface area contributed by atoms with E-state index in [-0.39, 0.29) is 17.3 Å². The summed E-state index contributed by atoms with van der Waals surface area (Å²) < 4.78 is 5.16. The predicted octanol–water partition coefficient (Wildman–Crippen LogP) is 4.72. The summed E-state index contributed by atoms with van der Waals surface area (Å²) in [6.45, 7) is 11.8. The minimum Gasteiger partial charge on any atom is -0.341 e. The van der Waals surface area contributed by atoms with Crippen LogP contribution in [0.3, 0.4) is 0 Å². The first-order valence-electron chi connectivity index (χ1n) is 11.8. The fourth-order valence-corrected chi connectivity index (χ4v) is 3.58. The van der Waals surface area contributed by atoms with Crippen molar-refractivity contribution in [2.75, 3.05) is 5.32 Å². The zero-order chi connectivity index (χ0) is 25.9. The quantitative estimate of drug-likeness (QED) is 0.381. The predicted molar refractivity (Wildman–Crippen MR) is 136 cm³/mol. The zero-order valence-corrected chi connectivity index (χ0v) is 21.3. The molecular formula is C26H30N8O2. The molecule has 186 valence electrons. The molecule has 2 N–H and O–H groups in total. The van der Waals surface area contributed by atoms with Crippen LogP contribution in [0.25, 0.3) is 11.3 Å². The van der Waals surface area contributed by atoms with Gasteiger partial charge in [-0.1, -0.05) is 45.0 Å². The maximum atomic E-state index is 12.7. The number of benzene rings is 1. The number of carbonyl (C=O) groups is 1. The van der Waals surface area contributed by atoms with Crippen molar-refractivity contribution in [1.29, 1.82) is 0 Å². The Hall–Kier alpha value is -4.21. The van der Waals surface area contributed by atoms with Gasteiger partial charge in [0.05, 0.1) is 11.7 Å². The molecule has 4 rings (SSSR count). The van der Waals surface area contributed by atoms with E-state index in [9.17, 15) is 4.79 Å². The van der Waals surface area contributed by atoms with Crippen LogP contribution in [0.1, 0.15) is 73.9 Å². The Morgan fingerprint density at radius 2 is 1.83 bits per heavy atom. The lowest BCUT2D eigenvalue weighted by molar-refractivity contribution is 0.0895. The van der Waals surface area contributed by atoms with Gasteiger partial charge in [0.2, 0.25) is 5.95 Å². The maximum absolute atomic E-state index is 12.7. The second-order valence-electron chi connectivity index (χ2n) is 9.62. The first kappa shape index (κ1) is 24.9. The van der Waals surface area contributed by atoms with E-state index in [4.69, 9.17) is 4.52 Å². The van der Waals surface area contributed by atoms with Crippen LogP contribution < -0.4 is 10.6 Å². The van der Waals surface area contributed by atoms with Crippen LogP contribution in [0.15, 0.2) is 47.5 Å². The van der Waals surface area contributed by atoms with Gasteiger partial charge in [0.25, 0.3) is 0 Å². The molecule has 0 aliphatic carbocycles. The van der Waals surface area contributed by atoms with Crippen molar-refractivity contribution in [2.24, 2.45) is 0 Å². The number of aromatic nitrogens is 6. The fraction of sp³-hybridized carbons (Fsp3) is 0.346. The van der Waals surface area contributed by atoms with Gasteiger partial charge in [-0.25, -0.2) is 19.9 Å².